The van der Waals surface area contributed by atoms with Gasteiger partial charge in [-0.3, -0.25) is 0 Å². The molecule has 1 heterocycles. The molecule has 0 saturated carbocycles. The molecule has 110 valence electrons. The smallest absolute Gasteiger partial charge is 0.0485 e. The maximum Gasteiger partial charge on any atom is 0.0485 e. The molecular weight excluding hydrogens is 264 g/mol. The highest BCUT2D eigenvalue weighted by Gasteiger charge is 2.10. The molecule has 0 aliphatic rings. The molecule has 0 bridgehead atoms. The molecule has 0 spiro atoms. The Bertz CT molecular complexity index is 572. The van der Waals surface area contributed by atoms with Crippen LogP contribution in [-0.4, -0.2) is 23.1 Å². The van der Waals surface area contributed by atoms with Gasteiger partial charge in [0.2, 0.25) is 0 Å². The third-order valence-electron chi connectivity index (χ3n) is 4.01. The van der Waals surface area contributed by atoms with Crippen molar-refractivity contribution in [2.75, 3.05) is 18.6 Å². The Balaban J connectivity index is 2.32. The summed E-state index contributed by atoms with van der Waals surface area (Å²) in [4.78, 5) is 0. The predicted molar refractivity (Wildman–Crippen MR) is 91.8 cm³/mol. The minimum Gasteiger partial charge on any atom is -0.345 e. The first-order chi connectivity index (χ1) is 9.69. The number of thioether (sulfide) groups is 1. The van der Waals surface area contributed by atoms with Crippen LogP contribution < -0.4 is 5.32 Å². The first-order valence-corrected chi connectivity index (χ1v) is 8.86. The Morgan fingerprint density at radius 2 is 2.05 bits per heavy atom. The average Bonchev–Trinajstić information content (AvgIpc) is 2.70. The molecule has 0 amide bonds. The maximum atomic E-state index is 3.40. The topological polar surface area (TPSA) is 17.0 Å². The molecular formula is C17H26N2S. The summed E-state index contributed by atoms with van der Waals surface area (Å²) < 4.78 is 2.48. The van der Waals surface area contributed by atoms with Gasteiger partial charge in [0.15, 0.2) is 0 Å². The van der Waals surface area contributed by atoms with Crippen molar-refractivity contribution in [1.82, 2.24) is 9.88 Å². The van der Waals surface area contributed by atoms with Crippen LogP contribution in [-0.2, 0) is 13.1 Å². The van der Waals surface area contributed by atoms with Crippen LogP contribution in [0.25, 0.3) is 10.9 Å². The van der Waals surface area contributed by atoms with Crippen molar-refractivity contribution in [1.29, 1.82) is 0 Å². The molecule has 1 aromatic heterocycles. The van der Waals surface area contributed by atoms with Crippen molar-refractivity contribution >= 4 is 22.7 Å². The van der Waals surface area contributed by atoms with Gasteiger partial charge in [-0.2, -0.15) is 11.8 Å². The second-order valence-corrected chi connectivity index (χ2v) is 6.33. The Hall–Kier alpha value is -0.930. The van der Waals surface area contributed by atoms with E-state index in [0.29, 0.717) is 0 Å². The highest BCUT2D eigenvalue weighted by molar-refractivity contribution is 7.98. The Morgan fingerprint density at radius 1 is 1.25 bits per heavy atom. The number of nitrogens with one attached hydrogen (secondary N) is 1. The van der Waals surface area contributed by atoms with Crippen molar-refractivity contribution in [3.63, 3.8) is 0 Å². The molecule has 3 heteroatoms. The summed E-state index contributed by atoms with van der Waals surface area (Å²) in [5.74, 6) is 1.23. The summed E-state index contributed by atoms with van der Waals surface area (Å²) in [6.45, 7) is 9.76. The molecule has 2 aromatic rings. The fraction of sp³-hybridized carbons (Fsp3) is 0.529. The second kappa shape index (κ2) is 7.19. The molecule has 0 aliphatic carbocycles. The predicted octanol–water partition coefficient (Wildman–Crippen LogP) is 4.12. The van der Waals surface area contributed by atoms with E-state index in [4.69, 9.17) is 0 Å². The lowest BCUT2D eigenvalue weighted by Crippen LogP contribution is -2.11. The van der Waals surface area contributed by atoms with Crippen LogP contribution in [0.4, 0.5) is 0 Å². The van der Waals surface area contributed by atoms with Crippen LogP contribution in [0.1, 0.15) is 30.2 Å². The third kappa shape index (κ3) is 3.21. The number of fused-ring (bicyclic) bond motifs is 1. The number of hydrogen-bond acceptors (Lipinski definition) is 2. The first kappa shape index (κ1) is 15.5. The van der Waals surface area contributed by atoms with Gasteiger partial charge in [0.1, 0.15) is 0 Å². The van der Waals surface area contributed by atoms with Gasteiger partial charge in [-0.25, -0.2) is 0 Å². The third-order valence-corrected chi connectivity index (χ3v) is 4.71. The summed E-state index contributed by atoms with van der Waals surface area (Å²) in [5.41, 5.74) is 5.62. The number of nitrogens with zero attached hydrogens (tertiary/aromatic N) is 1. The van der Waals surface area contributed by atoms with E-state index in [1.54, 1.807) is 0 Å². The fourth-order valence-electron chi connectivity index (χ4n) is 2.73. The van der Waals surface area contributed by atoms with Gasteiger partial charge in [0.05, 0.1) is 0 Å². The van der Waals surface area contributed by atoms with Crippen LogP contribution >= 0.6 is 11.8 Å². The molecule has 0 radical (unpaired) electrons. The molecule has 0 fully saturated rings. The van der Waals surface area contributed by atoms with Gasteiger partial charge in [-0.15, -0.1) is 0 Å². The quantitative estimate of drug-likeness (QED) is 0.773. The number of aryl methyl sites for hydroxylation is 2. The molecule has 2 nitrogen and oxygen atoms in total. The maximum absolute atomic E-state index is 3.40. The Morgan fingerprint density at radius 3 is 2.75 bits per heavy atom. The summed E-state index contributed by atoms with van der Waals surface area (Å²) in [6.07, 6.45) is 3.42. The van der Waals surface area contributed by atoms with Crippen LogP contribution in [0.15, 0.2) is 18.2 Å². The van der Waals surface area contributed by atoms with Crippen molar-refractivity contribution in [3.05, 3.63) is 35.0 Å². The highest BCUT2D eigenvalue weighted by atomic mass is 32.2. The molecule has 1 aromatic carbocycles. The zero-order chi connectivity index (χ0) is 14.5. The van der Waals surface area contributed by atoms with Gasteiger partial charge < -0.3 is 9.88 Å². The molecule has 0 aliphatic heterocycles. The number of hydrogen-bond donors (Lipinski definition) is 1. The first-order valence-electron chi connectivity index (χ1n) is 7.47. The van der Waals surface area contributed by atoms with E-state index in [-0.39, 0.29) is 0 Å². The normalized spacial score (nSPS) is 11.4. The molecule has 0 saturated heterocycles. The number of aromatic nitrogens is 1. The van der Waals surface area contributed by atoms with Gasteiger partial charge in [-0.05, 0) is 62.1 Å². The van der Waals surface area contributed by atoms with E-state index in [2.05, 4.69) is 55.1 Å². The van der Waals surface area contributed by atoms with E-state index in [1.165, 1.54) is 39.9 Å². The largest absolute Gasteiger partial charge is 0.345 e. The summed E-state index contributed by atoms with van der Waals surface area (Å²) >= 11 is 1.93. The summed E-state index contributed by atoms with van der Waals surface area (Å²) in [5, 5.41) is 4.82. The lowest BCUT2D eigenvalue weighted by atomic mass is 10.1. The van der Waals surface area contributed by atoms with Crippen molar-refractivity contribution < 1.29 is 0 Å². The SMILES string of the molecule is CCNCc1ccc2c(c1)c(C)c(C)n2CCCSC. The van der Waals surface area contributed by atoms with E-state index in [9.17, 15) is 0 Å². The van der Waals surface area contributed by atoms with Crippen LogP contribution in [0.5, 0.6) is 0 Å². The summed E-state index contributed by atoms with van der Waals surface area (Å²) in [7, 11) is 0. The van der Waals surface area contributed by atoms with Gasteiger partial charge in [-0.1, -0.05) is 13.0 Å². The van der Waals surface area contributed by atoms with Crippen molar-refractivity contribution in [2.45, 2.75) is 40.3 Å². The highest BCUT2D eigenvalue weighted by Crippen LogP contribution is 2.26. The van der Waals surface area contributed by atoms with E-state index in [1.807, 2.05) is 11.8 Å². The molecule has 1 N–H and O–H groups in total. The minimum absolute atomic E-state index is 0.961. The minimum atomic E-state index is 0.961. The van der Waals surface area contributed by atoms with Crippen molar-refractivity contribution in [2.24, 2.45) is 0 Å². The zero-order valence-corrected chi connectivity index (χ0v) is 13.9. The van der Waals surface area contributed by atoms with Crippen molar-refractivity contribution in [3.8, 4) is 0 Å². The lowest BCUT2D eigenvalue weighted by Gasteiger charge is -2.08. The zero-order valence-electron chi connectivity index (χ0n) is 13.1. The number of rotatable bonds is 7. The molecule has 20 heavy (non-hydrogen) atoms. The molecule has 0 unspecified atom stereocenters. The van der Waals surface area contributed by atoms with Gasteiger partial charge >= 0.3 is 0 Å². The fourth-order valence-corrected chi connectivity index (χ4v) is 3.15. The molecule has 2 rings (SSSR count). The summed E-state index contributed by atoms with van der Waals surface area (Å²) in [6, 6.07) is 6.90. The van der Waals surface area contributed by atoms with Crippen LogP contribution in [0.3, 0.4) is 0 Å². The Kier molecular flexibility index (Phi) is 5.55. The van der Waals surface area contributed by atoms with E-state index in [0.717, 1.165) is 19.6 Å². The molecule has 0 atom stereocenters. The van der Waals surface area contributed by atoms with Gasteiger partial charge in [0.25, 0.3) is 0 Å². The van der Waals surface area contributed by atoms with Gasteiger partial charge in [0, 0.05) is 29.7 Å². The Labute approximate surface area is 126 Å². The van der Waals surface area contributed by atoms with E-state index < -0.39 is 0 Å². The van der Waals surface area contributed by atoms with Crippen LogP contribution in [0.2, 0.25) is 0 Å². The van der Waals surface area contributed by atoms with Crippen LogP contribution in [0, 0.1) is 13.8 Å². The lowest BCUT2D eigenvalue weighted by molar-refractivity contribution is 0.689. The monoisotopic (exact) mass is 290 g/mol. The number of benzene rings is 1. The second-order valence-electron chi connectivity index (χ2n) is 5.34. The van der Waals surface area contributed by atoms with E-state index >= 15 is 0 Å². The standard InChI is InChI=1S/C17H26N2S/c1-5-18-12-15-7-8-17-16(11-15)13(2)14(3)19(17)9-6-10-20-4/h7-8,11,18H,5-6,9-10,12H2,1-4H3. The average molecular weight is 290 g/mol.